The molecule has 1 aromatic carbocycles. The molecular formula is C26H33N5O. The van der Waals surface area contributed by atoms with Crippen molar-refractivity contribution in [2.45, 2.75) is 52.1 Å². The summed E-state index contributed by atoms with van der Waals surface area (Å²) in [4.78, 5) is 16.5. The molecule has 1 fully saturated rings. The van der Waals surface area contributed by atoms with E-state index >= 15 is 0 Å². The van der Waals surface area contributed by atoms with Crippen LogP contribution < -0.4 is 10.1 Å². The lowest BCUT2D eigenvalue weighted by Gasteiger charge is -2.35. The molecule has 0 unspecified atom stereocenters. The molecule has 0 saturated carbocycles. The zero-order chi connectivity index (χ0) is 22.5. The third-order valence-corrected chi connectivity index (χ3v) is 6.19. The Bertz CT molecular complexity index is 1050. The summed E-state index contributed by atoms with van der Waals surface area (Å²) in [5.74, 6) is 2.94. The zero-order valence-electron chi connectivity index (χ0n) is 19.5. The number of piperidine rings is 1. The highest BCUT2D eigenvalue weighted by Crippen LogP contribution is 2.34. The summed E-state index contributed by atoms with van der Waals surface area (Å²) in [6, 6.07) is 12.8. The molecule has 0 amide bonds. The van der Waals surface area contributed by atoms with Crippen molar-refractivity contribution in [2.75, 3.05) is 25.5 Å². The Balaban J connectivity index is 1.57. The first kappa shape index (κ1) is 22.2. The van der Waals surface area contributed by atoms with Crippen LogP contribution in [0, 0.1) is 6.92 Å². The van der Waals surface area contributed by atoms with Gasteiger partial charge in [-0.1, -0.05) is 12.1 Å². The normalized spacial score (nSPS) is 16.8. The Morgan fingerprint density at radius 3 is 2.88 bits per heavy atom. The minimum absolute atomic E-state index is 0.421. The molecule has 4 rings (SSSR count). The van der Waals surface area contributed by atoms with Crippen LogP contribution in [0.5, 0.6) is 5.75 Å². The number of anilines is 1. The minimum atomic E-state index is 0.421. The first-order chi connectivity index (χ1) is 15.5. The van der Waals surface area contributed by atoms with E-state index in [0.29, 0.717) is 18.5 Å². The molecule has 32 heavy (non-hydrogen) atoms. The molecule has 0 spiro atoms. The molecule has 1 N–H and O–H groups in total. The van der Waals surface area contributed by atoms with E-state index < -0.39 is 0 Å². The van der Waals surface area contributed by atoms with Gasteiger partial charge in [0.05, 0.1) is 12.8 Å². The average Bonchev–Trinajstić information content (AvgIpc) is 2.83. The lowest BCUT2D eigenvalue weighted by molar-refractivity contribution is 0.166. The largest absolute Gasteiger partial charge is 0.497 e. The SMILES string of the molecule is COc1cccc(CNc2cc(-c3cnc(C)nc3[C@H]3CCCN(C(C)C)C3)ccn2)c1. The van der Waals surface area contributed by atoms with Gasteiger partial charge in [-0.2, -0.15) is 0 Å². The fourth-order valence-electron chi connectivity index (χ4n) is 4.39. The second-order valence-electron chi connectivity index (χ2n) is 8.78. The number of hydrogen-bond donors (Lipinski definition) is 1. The summed E-state index contributed by atoms with van der Waals surface area (Å²) in [6.07, 6.45) is 6.20. The summed E-state index contributed by atoms with van der Waals surface area (Å²) in [5, 5.41) is 3.44. The molecule has 3 heterocycles. The molecule has 168 valence electrons. The number of nitrogens with one attached hydrogen (secondary N) is 1. The molecule has 1 aliphatic heterocycles. The van der Waals surface area contributed by atoms with Crippen molar-refractivity contribution in [2.24, 2.45) is 0 Å². The van der Waals surface area contributed by atoms with E-state index in [1.165, 1.54) is 19.4 Å². The third-order valence-electron chi connectivity index (χ3n) is 6.19. The lowest BCUT2D eigenvalue weighted by Crippen LogP contribution is -2.39. The van der Waals surface area contributed by atoms with Crippen LogP contribution in [-0.2, 0) is 6.54 Å². The molecular weight excluding hydrogens is 398 g/mol. The number of hydrogen-bond acceptors (Lipinski definition) is 6. The van der Waals surface area contributed by atoms with E-state index in [9.17, 15) is 0 Å². The van der Waals surface area contributed by atoms with Crippen molar-refractivity contribution >= 4 is 5.82 Å². The van der Waals surface area contributed by atoms with Crippen LogP contribution in [0.1, 0.15) is 49.7 Å². The van der Waals surface area contributed by atoms with E-state index in [0.717, 1.165) is 46.3 Å². The Hall–Kier alpha value is -2.99. The molecule has 0 radical (unpaired) electrons. The Labute approximate surface area is 191 Å². The topological polar surface area (TPSA) is 63.2 Å². The summed E-state index contributed by atoms with van der Waals surface area (Å²) in [5.41, 5.74) is 4.52. The Kier molecular flexibility index (Phi) is 7.00. The Morgan fingerprint density at radius 1 is 1.19 bits per heavy atom. The van der Waals surface area contributed by atoms with Crippen molar-refractivity contribution in [1.82, 2.24) is 19.9 Å². The van der Waals surface area contributed by atoms with E-state index in [1.54, 1.807) is 7.11 Å². The number of methoxy groups -OCH3 is 1. The summed E-state index contributed by atoms with van der Waals surface area (Å²) < 4.78 is 5.33. The highest BCUT2D eigenvalue weighted by molar-refractivity contribution is 5.68. The minimum Gasteiger partial charge on any atom is -0.497 e. The quantitative estimate of drug-likeness (QED) is 0.564. The number of aromatic nitrogens is 3. The molecule has 3 aromatic rings. The number of pyridine rings is 1. The fourth-order valence-corrected chi connectivity index (χ4v) is 4.39. The highest BCUT2D eigenvalue weighted by Gasteiger charge is 2.26. The van der Waals surface area contributed by atoms with Crippen LogP contribution in [0.4, 0.5) is 5.82 Å². The van der Waals surface area contributed by atoms with E-state index in [4.69, 9.17) is 9.72 Å². The van der Waals surface area contributed by atoms with Gasteiger partial charge in [-0.3, -0.25) is 0 Å². The number of nitrogens with zero attached hydrogens (tertiary/aromatic N) is 4. The van der Waals surface area contributed by atoms with Gasteiger partial charge in [0, 0.05) is 43.0 Å². The van der Waals surface area contributed by atoms with Gasteiger partial charge in [0.2, 0.25) is 0 Å². The average molecular weight is 432 g/mol. The van der Waals surface area contributed by atoms with Crippen LogP contribution in [0.15, 0.2) is 48.8 Å². The molecule has 1 saturated heterocycles. The Morgan fingerprint density at radius 2 is 2.06 bits per heavy atom. The van der Waals surface area contributed by atoms with E-state index in [1.807, 2.05) is 37.5 Å². The maximum Gasteiger partial charge on any atom is 0.126 e. The van der Waals surface area contributed by atoms with Crippen LogP contribution in [0.3, 0.4) is 0 Å². The van der Waals surface area contributed by atoms with E-state index in [-0.39, 0.29) is 0 Å². The van der Waals surface area contributed by atoms with Crippen LogP contribution in [0.25, 0.3) is 11.1 Å². The third kappa shape index (κ3) is 5.25. The molecule has 1 aliphatic rings. The fraction of sp³-hybridized carbons (Fsp3) is 0.423. The molecule has 1 atom stereocenters. The van der Waals surface area contributed by atoms with Gasteiger partial charge in [-0.15, -0.1) is 0 Å². The van der Waals surface area contributed by atoms with E-state index in [2.05, 4.69) is 52.2 Å². The van der Waals surface area contributed by atoms with Crippen LogP contribution in [0.2, 0.25) is 0 Å². The maximum absolute atomic E-state index is 5.33. The van der Waals surface area contributed by atoms with Crippen molar-refractivity contribution in [1.29, 1.82) is 0 Å². The molecule has 6 nitrogen and oxygen atoms in total. The van der Waals surface area contributed by atoms with Crippen LogP contribution in [-0.4, -0.2) is 46.1 Å². The number of rotatable bonds is 7. The zero-order valence-corrected chi connectivity index (χ0v) is 19.5. The second-order valence-corrected chi connectivity index (χ2v) is 8.78. The number of benzene rings is 1. The second kappa shape index (κ2) is 10.1. The van der Waals surface area contributed by atoms with Gasteiger partial charge in [-0.05, 0) is 75.5 Å². The van der Waals surface area contributed by atoms with Crippen molar-refractivity contribution in [3.63, 3.8) is 0 Å². The van der Waals surface area contributed by atoms with Crippen molar-refractivity contribution < 1.29 is 4.74 Å². The van der Waals surface area contributed by atoms with Gasteiger partial charge in [-0.25, -0.2) is 15.0 Å². The number of aryl methyl sites for hydroxylation is 1. The molecule has 2 aromatic heterocycles. The van der Waals surface area contributed by atoms with Crippen molar-refractivity contribution in [3.05, 3.63) is 65.9 Å². The summed E-state index contributed by atoms with van der Waals surface area (Å²) in [7, 11) is 1.69. The van der Waals surface area contributed by atoms with Crippen molar-refractivity contribution in [3.8, 4) is 16.9 Å². The summed E-state index contributed by atoms with van der Waals surface area (Å²) in [6.45, 7) is 9.42. The van der Waals surface area contributed by atoms with Crippen LogP contribution >= 0.6 is 0 Å². The lowest BCUT2D eigenvalue weighted by atomic mass is 9.89. The molecule has 0 aliphatic carbocycles. The molecule has 0 bridgehead atoms. The number of ether oxygens (including phenoxy) is 1. The predicted molar refractivity (Wildman–Crippen MR) is 129 cm³/mol. The predicted octanol–water partition coefficient (Wildman–Crippen LogP) is 5.06. The number of likely N-dealkylation sites (tertiary alicyclic amines) is 1. The van der Waals surface area contributed by atoms with Gasteiger partial charge in [0.25, 0.3) is 0 Å². The van der Waals surface area contributed by atoms with Gasteiger partial charge < -0.3 is 15.0 Å². The monoisotopic (exact) mass is 431 g/mol. The van der Waals surface area contributed by atoms with Gasteiger partial charge in [0.15, 0.2) is 0 Å². The smallest absolute Gasteiger partial charge is 0.126 e. The standard InChI is InChI=1S/C26H33N5O/c1-18(2)31-12-6-8-22(17-31)26-24(16-28-19(3)30-26)21-10-11-27-25(14-21)29-15-20-7-5-9-23(13-20)32-4/h5,7,9-11,13-14,16,18,22H,6,8,12,15,17H2,1-4H3,(H,27,29)/t22-/m0/s1. The first-order valence-electron chi connectivity index (χ1n) is 11.4. The summed E-state index contributed by atoms with van der Waals surface area (Å²) >= 11 is 0. The first-order valence-corrected chi connectivity index (χ1v) is 11.4. The van der Waals surface area contributed by atoms with Gasteiger partial charge >= 0.3 is 0 Å². The highest BCUT2D eigenvalue weighted by atomic mass is 16.5. The van der Waals surface area contributed by atoms with Gasteiger partial charge in [0.1, 0.15) is 17.4 Å². The molecule has 6 heteroatoms. The maximum atomic E-state index is 5.33.